The molecule has 0 unspecified atom stereocenters. The van der Waals surface area contributed by atoms with Crippen molar-refractivity contribution in [1.82, 2.24) is 0 Å². The number of hydrogen-bond acceptors (Lipinski definition) is 5. The lowest BCUT2D eigenvalue weighted by Gasteiger charge is -2.27. The molecule has 1 aliphatic rings. The number of carbonyl (C=O) groups is 1. The summed E-state index contributed by atoms with van der Waals surface area (Å²) in [5, 5.41) is 0. The summed E-state index contributed by atoms with van der Waals surface area (Å²) in [5.74, 6) is 7.64. The molecule has 0 aliphatic carbocycles. The van der Waals surface area contributed by atoms with Gasteiger partial charge in [-0.1, -0.05) is 53.9 Å². The Labute approximate surface area is 200 Å². The second-order valence-corrected chi connectivity index (χ2v) is 8.19. The maximum atomic E-state index is 11.7. The molecular formula is C29H28O5. The van der Waals surface area contributed by atoms with Gasteiger partial charge in [0.1, 0.15) is 19.0 Å². The number of aryl methyl sites for hydroxylation is 1. The van der Waals surface area contributed by atoms with Crippen molar-refractivity contribution in [2.75, 3.05) is 20.3 Å². The van der Waals surface area contributed by atoms with Gasteiger partial charge < -0.3 is 18.9 Å². The quantitative estimate of drug-likeness (QED) is 0.345. The van der Waals surface area contributed by atoms with Crippen molar-refractivity contribution in [2.45, 2.75) is 32.3 Å². The lowest BCUT2D eigenvalue weighted by atomic mass is 9.96. The lowest BCUT2D eigenvalue weighted by molar-refractivity contribution is -0.140. The molecule has 174 valence electrons. The van der Waals surface area contributed by atoms with Gasteiger partial charge in [-0.15, -0.1) is 5.92 Å². The van der Waals surface area contributed by atoms with E-state index in [1.807, 2.05) is 42.5 Å². The van der Waals surface area contributed by atoms with E-state index >= 15 is 0 Å². The molecule has 0 fully saturated rings. The summed E-state index contributed by atoms with van der Waals surface area (Å²) < 4.78 is 22.8. The molecule has 0 saturated heterocycles. The molecular weight excluding hydrogens is 428 g/mol. The van der Waals surface area contributed by atoms with Crippen LogP contribution in [0, 0.1) is 18.8 Å². The van der Waals surface area contributed by atoms with Gasteiger partial charge in [0, 0.05) is 0 Å². The van der Waals surface area contributed by atoms with E-state index in [2.05, 4.69) is 43.0 Å². The van der Waals surface area contributed by atoms with Crippen LogP contribution in [-0.2, 0) is 9.53 Å². The van der Waals surface area contributed by atoms with Crippen LogP contribution in [-0.4, -0.2) is 32.4 Å². The lowest BCUT2D eigenvalue weighted by Crippen LogP contribution is -2.34. The topological polar surface area (TPSA) is 54.0 Å². The first-order chi connectivity index (χ1) is 16.6. The van der Waals surface area contributed by atoms with E-state index in [1.54, 1.807) is 6.92 Å². The zero-order valence-electron chi connectivity index (χ0n) is 19.7. The Morgan fingerprint density at radius 2 is 1.76 bits per heavy atom. The third-order valence-corrected chi connectivity index (χ3v) is 5.68. The molecule has 2 atom stereocenters. The van der Waals surface area contributed by atoms with Crippen molar-refractivity contribution in [1.29, 1.82) is 0 Å². The first kappa shape index (κ1) is 23.3. The van der Waals surface area contributed by atoms with Crippen LogP contribution in [0.15, 0.2) is 66.7 Å². The molecule has 4 rings (SSSR count). The molecule has 0 bridgehead atoms. The van der Waals surface area contributed by atoms with E-state index in [-0.39, 0.29) is 24.4 Å². The van der Waals surface area contributed by atoms with E-state index in [0.717, 1.165) is 28.2 Å². The van der Waals surface area contributed by atoms with E-state index < -0.39 is 0 Å². The Balaban J connectivity index is 1.37. The minimum absolute atomic E-state index is 0.208. The van der Waals surface area contributed by atoms with Crippen molar-refractivity contribution >= 4 is 5.97 Å². The predicted molar refractivity (Wildman–Crippen MR) is 131 cm³/mol. The van der Waals surface area contributed by atoms with Crippen LogP contribution in [0.5, 0.6) is 17.2 Å². The minimum Gasteiger partial charge on any atom is -0.490 e. The molecule has 3 aromatic carbocycles. The van der Waals surface area contributed by atoms with Crippen LogP contribution in [0.25, 0.3) is 11.1 Å². The molecule has 5 nitrogen and oxygen atoms in total. The zero-order valence-corrected chi connectivity index (χ0v) is 19.7. The Kier molecular flexibility index (Phi) is 7.39. The highest BCUT2D eigenvalue weighted by molar-refractivity contribution is 5.71. The van der Waals surface area contributed by atoms with Crippen LogP contribution in [0.1, 0.15) is 30.4 Å². The van der Waals surface area contributed by atoms with Crippen molar-refractivity contribution in [2.24, 2.45) is 0 Å². The van der Waals surface area contributed by atoms with Gasteiger partial charge in [-0.25, -0.2) is 0 Å². The minimum atomic E-state index is -0.284. The van der Waals surface area contributed by atoms with Crippen LogP contribution < -0.4 is 14.2 Å². The summed E-state index contributed by atoms with van der Waals surface area (Å²) in [7, 11) is 1.38. The Hall–Kier alpha value is -3.91. The summed E-state index contributed by atoms with van der Waals surface area (Å²) in [6, 6.07) is 22.0. The monoisotopic (exact) mass is 456 g/mol. The summed E-state index contributed by atoms with van der Waals surface area (Å²) in [4.78, 5) is 11.7. The van der Waals surface area contributed by atoms with Crippen molar-refractivity contribution in [3.8, 4) is 40.2 Å². The summed E-state index contributed by atoms with van der Waals surface area (Å²) in [6.45, 7) is 4.61. The molecule has 0 spiro atoms. The number of benzene rings is 3. The number of fused-ring (bicyclic) bond motifs is 1. The average molecular weight is 457 g/mol. The highest BCUT2D eigenvalue weighted by Gasteiger charge is 2.22. The number of carbonyl (C=O) groups excluding carboxylic acids is 1. The van der Waals surface area contributed by atoms with E-state index in [0.29, 0.717) is 19.0 Å². The first-order valence-electron chi connectivity index (χ1n) is 11.3. The molecule has 1 heterocycles. The molecule has 0 N–H and O–H groups in total. The number of hydrogen-bond donors (Lipinski definition) is 0. The fraction of sp³-hybridized carbons (Fsp3) is 0.276. The van der Waals surface area contributed by atoms with Crippen LogP contribution in [0.3, 0.4) is 0 Å². The third-order valence-electron chi connectivity index (χ3n) is 5.68. The van der Waals surface area contributed by atoms with Crippen LogP contribution >= 0.6 is 0 Å². The second-order valence-electron chi connectivity index (χ2n) is 8.19. The number of ether oxygens (including phenoxy) is 4. The molecule has 0 aromatic heterocycles. The summed E-state index contributed by atoms with van der Waals surface area (Å²) in [6.07, 6.45) is -0.00659. The molecule has 0 radical (unpaired) electrons. The SMILES string of the molecule is CC#C[C@@H](CC(=O)OC)c1ccc(OC[C@H]2COc3ccc(-c4ccc(C)cc4)cc3O2)cc1. The van der Waals surface area contributed by atoms with E-state index in [1.165, 1.54) is 12.7 Å². The molecule has 34 heavy (non-hydrogen) atoms. The summed E-state index contributed by atoms with van der Waals surface area (Å²) >= 11 is 0. The largest absolute Gasteiger partial charge is 0.490 e. The second kappa shape index (κ2) is 10.8. The van der Waals surface area contributed by atoms with Gasteiger partial charge in [0.05, 0.1) is 19.4 Å². The average Bonchev–Trinajstić information content (AvgIpc) is 2.87. The van der Waals surface area contributed by atoms with Crippen molar-refractivity contribution < 1.29 is 23.7 Å². The van der Waals surface area contributed by atoms with Gasteiger partial charge in [0.2, 0.25) is 0 Å². The van der Waals surface area contributed by atoms with Gasteiger partial charge in [-0.2, -0.15) is 0 Å². The van der Waals surface area contributed by atoms with Crippen molar-refractivity contribution in [3.05, 3.63) is 77.9 Å². The number of methoxy groups -OCH3 is 1. The van der Waals surface area contributed by atoms with E-state index in [9.17, 15) is 4.79 Å². The van der Waals surface area contributed by atoms with Gasteiger partial charge in [-0.05, 0) is 54.8 Å². The van der Waals surface area contributed by atoms with E-state index in [4.69, 9.17) is 18.9 Å². The fourth-order valence-corrected chi connectivity index (χ4v) is 3.79. The van der Waals surface area contributed by atoms with Crippen LogP contribution in [0.2, 0.25) is 0 Å². The zero-order chi connectivity index (χ0) is 23.9. The maximum Gasteiger partial charge on any atom is 0.307 e. The fourth-order valence-electron chi connectivity index (χ4n) is 3.79. The highest BCUT2D eigenvalue weighted by Crippen LogP contribution is 2.36. The normalized spacial score (nSPS) is 15.0. The Bertz CT molecular complexity index is 1190. The van der Waals surface area contributed by atoms with Gasteiger partial charge in [0.25, 0.3) is 0 Å². The predicted octanol–water partition coefficient (Wildman–Crippen LogP) is 5.55. The molecule has 0 amide bonds. The number of esters is 1. The molecule has 0 saturated carbocycles. The standard InChI is InChI=1S/C29H28O5/c1-4-5-23(17-29(30)31-3)22-10-13-25(14-11-22)32-18-26-19-33-27-15-12-24(16-28(27)34-26)21-8-6-20(2)7-9-21/h6-16,23,26H,17-19H2,1-3H3/t23-,26-/m0/s1. The number of rotatable bonds is 7. The van der Waals surface area contributed by atoms with Gasteiger partial charge in [0.15, 0.2) is 17.6 Å². The molecule has 5 heteroatoms. The maximum absolute atomic E-state index is 11.7. The van der Waals surface area contributed by atoms with Crippen LogP contribution in [0.4, 0.5) is 0 Å². The molecule has 3 aromatic rings. The van der Waals surface area contributed by atoms with Gasteiger partial charge in [-0.3, -0.25) is 4.79 Å². The smallest absolute Gasteiger partial charge is 0.307 e. The summed E-state index contributed by atoms with van der Waals surface area (Å²) in [5.41, 5.74) is 4.38. The van der Waals surface area contributed by atoms with Gasteiger partial charge >= 0.3 is 5.97 Å². The molecule has 1 aliphatic heterocycles. The first-order valence-corrected chi connectivity index (χ1v) is 11.3. The Morgan fingerprint density at radius 1 is 1.03 bits per heavy atom. The highest BCUT2D eigenvalue weighted by atomic mass is 16.6. The third kappa shape index (κ3) is 5.71. The van der Waals surface area contributed by atoms with Crippen molar-refractivity contribution in [3.63, 3.8) is 0 Å². The Morgan fingerprint density at radius 3 is 2.47 bits per heavy atom.